The summed E-state index contributed by atoms with van der Waals surface area (Å²) in [4.78, 5) is 21.1. The molecule has 0 atom stereocenters. The van der Waals surface area contributed by atoms with Gasteiger partial charge in [0, 0.05) is 57.7 Å². The summed E-state index contributed by atoms with van der Waals surface area (Å²) in [5, 5.41) is 4.28. The minimum Gasteiger partial charge on any atom is -0.304 e. The molecule has 0 aliphatic carbocycles. The Hall–Kier alpha value is -2.58. The summed E-state index contributed by atoms with van der Waals surface area (Å²) in [6.07, 6.45) is 3.34. The van der Waals surface area contributed by atoms with Crippen molar-refractivity contribution in [1.82, 2.24) is 29.0 Å². The molecule has 0 amide bonds. The maximum atomic E-state index is 13.3. The van der Waals surface area contributed by atoms with Gasteiger partial charge < -0.3 is 4.40 Å². The molecule has 0 aromatic carbocycles. The first-order valence-electron chi connectivity index (χ1n) is 9.19. The lowest BCUT2D eigenvalue weighted by Gasteiger charge is -2.34. The Bertz CT molecular complexity index is 989. The van der Waals surface area contributed by atoms with Gasteiger partial charge in [0.25, 0.3) is 5.56 Å². The lowest BCUT2D eigenvalue weighted by atomic mass is 10.3. The van der Waals surface area contributed by atoms with E-state index in [2.05, 4.69) is 19.9 Å². The second-order valence-corrected chi connectivity index (χ2v) is 7.00. The van der Waals surface area contributed by atoms with Crippen molar-refractivity contribution in [3.8, 4) is 0 Å². The van der Waals surface area contributed by atoms with Crippen LogP contribution in [0.2, 0.25) is 0 Å². The smallest absolute Gasteiger partial charge is 0.266 e. The number of piperazine rings is 1. The van der Waals surface area contributed by atoms with E-state index >= 15 is 0 Å². The predicted molar refractivity (Wildman–Crippen MR) is 100 cm³/mol. The van der Waals surface area contributed by atoms with E-state index in [1.165, 1.54) is 16.9 Å². The van der Waals surface area contributed by atoms with Gasteiger partial charge in [-0.15, -0.1) is 0 Å². The van der Waals surface area contributed by atoms with Crippen molar-refractivity contribution >= 4 is 5.65 Å². The number of imidazole rings is 1. The van der Waals surface area contributed by atoms with Crippen LogP contribution < -0.4 is 5.56 Å². The van der Waals surface area contributed by atoms with Gasteiger partial charge in [-0.2, -0.15) is 5.10 Å². The van der Waals surface area contributed by atoms with Crippen molar-refractivity contribution in [2.75, 3.05) is 32.7 Å². The van der Waals surface area contributed by atoms with Gasteiger partial charge in [0.05, 0.1) is 17.9 Å². The number of aryl methyl sites for hydroxylation is 1. The van der Waals surface area contributed by atoms with Gasteiger partial charge in [-0.1, -0.05) is 0 Å². The van der Waals surface area contributed by atoms with E-state index in [0.717, 1.165) is 56.3 Å². The molecule has 1 aliphatic heterocycles. The van der Waals surface area contributed by atoms with E-state index in [9.17, 15) is 9.18 Å². The molecular weight excluding hydrogens is 347 g/mol. The number of aromatic nitrogens is 4. The lowest BCUT2D eigenvalue weighted by Crippen LogP contribution is -2.47. The minimum absolute atomic E-state index is 0.0532. The molecule has 0 bridgehead atoms. The fourth-order valence-electron chi connectivity index (χ4n) is 3.44. The second-order valence-electron chi connectivity index (χ2n) is 7.00. The fourth-order valence-corrected chi connectivity index (χ4v) is 3.44. The molecule has 3 aromatic rings. The molecule has 0 radical (unpaired) electrons. The molecule has 0 saturated carbocycles. The minimum atomic E-state index is -0.262. The van der Waals surface area contributed by atoms with Crippen LogP contribution >= 0.6 is 0 Å². The van der Waals surface area contributed by atoms with E-state index in [1.54, 1.807) is 22.6 Å². The average molecular weight is 370 g/mol. The third-order valence-electron chi connectivity index (χ3n) is 4.94. The Labute approximate surface area is 156 Å². The fraction of sp³-hybridized carbons (Fsp3) is 0.421. The summed E-state index contributed by atoms with van der Waals surface area (Å²) in [5.41, 5.74) is 2.51. The molecule has 3 aromatic heterocycles. The van der Waals surface area contributed by atoms with Crippen molar-refractivity contribution in [2.45, 2.75) is 20.0 Å². The van der Waals surface area contributed by atoms with E-state index in [1.807, 2.05) is 13.1 Å². The molecule has 4 heterocycles. The van der Waals surface area contributed by atoms with E-state index in [-0.39, 0.29) is 11.4 Å². The molecule has 1 fully saturated rings. The van der Waals surface area contributed by atoms with Crippen LogP contribution in [0.3, 0.4) is 0 Å². The van der Waals surface area contributed by atoms with Crippen LogP contribution in [0.4, 0.5) is 4.39 Å². The SMILES string of the molecule is Cc1ccc(=O)n(CCN2CCN(Cc3cn4cc(F)ccc4n3)CC2)n1. The van der Waals surface area contributed by atoms with Crippen LogP contribution in [-0.2, 0) is 13.1 Å². The maximum Gasteiger partial charge on any atom is 0.266 e. The Morgan fingerprint density at radius 1 is 1.00 bits per heavy atom. The zero-order chi connectivity index (χ0) is 18.8. The number of fused-ring (bicyclic) bond motifs is 1. The van der Waals surface area contributed by atoms with E-state index in [4.69, 9.17) is 0 Å². The summed E-state index contributed by atoms with van der Waals surface area (Å²) in [6, 6.07) is 6.43. The monoisotopic (exact) mass is 370 g/mol. The first kappa shape index (κ1) is 17.8. The highest BCUT2D eigenvalue weighted by Crippen LogP contribution is 2.11. The van der Waals surface area contributed by atoms with Crippen molar-refractivity contribution in [3.05, 3.63) is 64.2 Å². The number of halogens is 1. The van der Waals surface area contributed by atoms with Gasteiger partial charge in [-0.25, -0.2) is 14.1 Å². The van der Waals surface area contributed by atoms with Gasteiger partial charge >= 0.3 is 0 Å². The van der Waals surface area contributed by atoms with Gasteiger partial charge in [-0.3, -0.25) is 14.6 Å². The molecule has 142 valence electrons. The molecule has 1 saturated heterocycles. The lowest BCUT2D eigenvalue weighted by molar-refractivity contribution is 0.122. The van der Waals surface area contributed by atoms with Crippen LogP contribution in [-0.4, -0.2) is 61.7 Å². The van der Waals surface area contributed by atoms with Crippen LogP contribution in [0.15, 0.2) is 41.5 Å². The molecule has 27 heavy (non-hydrogen) atoms. The zero-order valence-corrected chi connectivity index (χ0v) is 15.4. The topological polar surface area (TPSA) is 58.7 Å². The number of nitrogens with zero attached hydrogens (tertiary/aromatic N) is 6. The van der Waals surface area contributed by atoms with Gasteiger partial charge in [0.2, 0.25) is 0 Å². The van der Waals surface area contributed by atoms with E-state index < -0.39 is 0 Å². The van der Waals surface area contributed by atoms with Crippen molar-refractivity contribution in [1.29, 1.82) is 0 Å². The molecule has 7 nitrogen and oxygen atoms in total. The molecule has 0 N–H and O–H groups in total. The zero-order valence-electron chi connectivity index (χ0n) is 15.4. The molecular formula is C19H23FN6O. The quantitative estimate of drug-likeness (QED) is 0.675. The van der Waals surface area contributed by atoms with Crippen LogP contribution in [0.5, 0.6) is 0 Å². The van der Waals surface area contributed by atoms with Gasteiger partial charge in [0.1, 0.15) is 11.5 Å². The highest BCUT2D eigenvalue weighted by molar-refractivity contribution is 5.39. The summed E-state index contributed by atoms with van der Waals surface area (Å²) < 4.78 is 16.6. The van der Waals surface area contributed by atoms with Crippen molar-refractivity contribution < 1.29 is 4.39 Å². The number of hydrogen-bond donors (Lipinski definition) is 0. The first-order chi connectivity index (χ1) is 13.1. The van der Waals surface area contributed by atoms with Gasteiger partial charge in [0.15, 0.2) is 0 Å². The van der Waals surface area contributed by atoms with E-state index in [0.29, 0.717) is 6.54 Å². The second kappa shape index (κ2) is 7.58. The Morgan fingerprint density at radius 3 is 2.59 bits per heavy atom. The largest absolute Gasteiger partial charge is 0.304 e. The number of pyridine rings is 1. The Kier molecular flexibility index (Phi) is 5.00. The molecule has 1 aliphatic rings. The van der Waals surface area contributed by atoms with Crippen LogP contribution in [0.1, 0.15) is 11.4 Å². The Morgan fingerprint density at radius 2 is 1.78 bits per heavy atom. The van der Waals surface area contributed by atoms with Crippen LogP contribution in [0.25, 0.3) is 5.65 Å². The normalized spacial score (nSPS) is 16.2. The summed E-state index contributed by atoms with van der Waals surface area (Å²) in [5.74, 6) is -0.262. The summed E-state index contributed by atoms with van der Waals surface area (Å²) in [6.45, 7) is 7.86. The van der Waals surface area contributed by atoms with Crippen LogP contribution in [0, 0.1) is 12.7 Å². The highest BCUT2D eigenvalue weighted by atomic mass is 19.1. The summed E-state index contributed by atoms with van der Waals surface area (Å²) >= 11 is 0. The summed E-state index contributed by atoms with van der Waals surface area (Å²) in [7, 11) is 0. The average Bonchev–Trinajstić information content (AvgIpc) is 3.05. The number of rotatable bonds is 5. The highest BCUT2D eigenvalue weighted by Gasteiger charge is 2.18. The number of hydrogen-bond acceptors (Lipinski definition) is 5. The van der Waals surface area contributed by atoms with Crippen molar-refractivity contribution in [2.24, 2.45) is 0 Å². The molecule has 0 unspecified atom stereocenters. The molecule has 0 spiro atoms. The third kappa shape index (κ3) is 4.23. The van der Waals surface area contributed by atoms with Crippen molar-refractivity contribution in [3.63, 3.8) is 0 Å². The standard InChI is InChI=1S/C19H23FN6O/c1-15-2-5-19(27)26(22-15)11-10-23-6-8-24(9-7-23)13-17-14-25-12-16(20)3-4-18(25)21-17/h2-5,12,14H,6-11,13H2,1H3. The Balaban J connectivity index is 1.29. The maximum absolute atomic E-state index is 13.3. The van der Waals surface area contributed by atoms with Gasteiger partial charge in [-0.05, 0) is 25.1 Å². The predicted octanol–water partition coefficient (Wildman–Crippen LogP) is 1.16. The molecule has 8 heteroatoms. The first-order valence-corrected chi connectivity index (χ1v) is 9.19. The third-order valence-corrected chi connectivity index (χ3v) is 4.94. The molecule has 4 rings (SSSR count).